The molecule has 0 saturated carbocycles. The number of ether oxygens (including phenoxy) is 1. The number of nitrogens with one attached hydrogen (secondary N) is 2. The highest BCUT2D eigenvalue weighted by molar-refractivity contribution is 5.97. The third kappa shape index (κ3) is 2.91. The quantitative estimate of drug-likeness (QED) is 0.754. The molecule has 21 heavy (non-hydrogen) atoms. The molecule has 1 heterocycles. The van der Waals surface area contributed by atoms with E-state index >= 15 is 0 Å². The van der Waals surface area contributed by atoms with Gasteiger partial charge in [-0.15, -0.1) is 0 Å². The number of phenolic OH excluding ortho intramolecular Hbond substituents is 1. The molecule has 5 heteroatoms. The van der Waals surface area contributed by atoms with E-state index in [2.05, 4.69) is 10.6 Å². The molecule has 0 aliphatic carbocycles. The van der Waals surface area contributed by atoms with E-state index in [-0.39, 0.29) is 18.3 Å². The summed E-state index contributed by atoms with van der Waals surface area (Å²) in [6.07, 6.45) is 0.730. The van der Waals surface area contributed by atoms with Gasteiger partial charge in [0.05, 0.1) is 0 Å². The van der Waals surface area contributed by atoms with Gasteiger partial charge in [0.25, 0.3) is 5.91 Å². The van der Waals surface area contributed by atoms with E-state index in [1.54, 1.807) is 6.07 Å². The average Bonchev–Trinajstić information content (AvgIpc) is 2.51. The number of benzene rings is 2. The van der Waals surface area contributed by atoms with E-state index in [9.17, 15) is 9.90 Å². The van der Waals surface area contributed by atoms with Crippen molar-refractivity contribution in [3.8, 4) is 11.5 Å². The van der Waals surface area contributed by atoms with Crippen molar-refractivity contribution in [1.82, 2.24) is 0 Å². The van der Waals surface area contributed by atoms with Crippen molar-refractivity contribution in [3.63, 3.8) is 0 Å². The van der Waals surface area contributed by atoms with Crippen LogP contribution in [0.3, 0.4) is 0 Å². The largest absolute Gasteiger partial charge is 0.506 e. The van der Waals surface area contributed by atoms with E-state index in [1.165, 1.54) is 0 Å². The lowest BCUT2D eigenvalue weighted by Crippen LogP contribution is -2.26. The molecule has 3 N–H and O–H groups in total. The maximum Gasteiger partial charge on any atom is 0.262 e. The Morgan fingerprint density at radius 2 is 2.00 bits per heavy atom. The monoisotopic (exact) mass is 284 g/mol. The number of carbonyl (C=O) groups is 1. The molecule has 5 nitrogen and oxygen atoms in total. The van der Waals surface area contributed by atoms with Gasteiger partial charge in [-0.1, -0.05) is 24.3 Å². The first-order valence-corrected chi connectivity index (χ1v) is 6.80. The summed E-state index contributed by atoms with van der Waals surface area (Å²) >= 11 is 0. The Morgan fingerprint density at radius 3 is 2.81 bits per heavy atom. The zero-order valence-electron chi connectivity index (χ0n) is 11.4. The van der Waals surface area contributed by atoms with Crippen LogP contribution < -0.4 is 15.4 Å². The van der Waals surface area contributed by atoms with Gasteiger partial charge in [-0.3, -0.25) is 4.79 Å². The van der Waals surface area contributed by atoms with Crippen LogP contribution in [0, 0.1) is 0 Å². The van der Waals surface area contributed by atoms with E-state index in [4.69, 9.17) is 4.74 Å². The lowest BCUT2D eigenvalue weighted by atomic mass is 10.1. The Kier molecular flexibility index (Phi) is 3.64. The molecule has 0 unspecified atom stereocenters. The summed E-state index contributed by atoms with van der Waals surface area (Å²) in [5, 5.41) is 15.8. The predicted molar refractivity (Wildman–Crippen MR) is 80.9 cm³/mol. The molecule has 1 aliphatic rings. The fourth-order valence-corrected chi connectivity index (χ4v) is 2.31. The zero-order valence-corrected chi connectivity index (χ0v) is 11.4. The number of aromatic hydroxyl groups is 1. The van der Waals surface area contributed by atoms with Crippen molar-refractivity contribution in [2.45, 2.75) is 6.42 Å². The molecule has 0 saturated heterocycles. The molecule has 0 atom stereocenters. The molecular formula is C16H16N2O3. The number of hydrogen-bond acceptors (Lipinski definition) is 4. The van der Waals surface area contributed by atoms with Crippen molar-refractivity contribution in [3.05, 3.63) is 48.0 Å². The van der Waals surface area contributed by atoms with Crippen LogP contribution in [0.25, 0.3) is 0 Å². The zero-order chi connectivity index (χ0) is 14.7. The predicted octanol–water partition coefficient (Wildman–Crippen LogP) is 2.38. The summed E-state index contributed by atoms with van der Waals surface area (Å²) in [4.78, 5) is 11.3. The smallest absolute Gasteiger partial charge is 0.262 e. The van der Waals surface area contributed by atoms with Crippen LogP contribution in [0.2, 0.25) is 0 Å². The third-order valence-electron chi connectivity index (χ3n) is 3.33. The van der Waals surface area contributed by atoms with Crippen LogP contribution in [0.15, 0.2) is 42.5 Å². The molecule has 0 fully saturated rings. The van der Waals surface area contributed by atoms with Gasteiger partial charge in [0.15, 0.2) is 12.4 Å². The van der Waals surface area contributed by atoms with E-state index < -0.39 is 0 Å². The molecule has 2 aromatic rings. The molecule has 0 radical (unpaired) electrons. The van der Waals surface area contributed by atoms with Crippen LogP contribution in [0.4, 0.5) is 11.4 Å². The third-order valence-corrected chi connectivity index (χ3v) is 3.33. The number of anilines is 2. The first-order valence-electron chi connectivity index (χ1n) is 6.80. The Hall–Kier alpha value is -2.69. The van der Waals surface area contributed by atoms with Gasteiger partial charge in [-0.05, 0) is 30.2 Å². The molecule has 0 aromatic heterocycles. The summed E-state index contributed by atoms with van der Waals surface area (Å²) in [5.74, 6) is 0.333. The topological polar surface area (TPSA) is 70.6 Å². The van der Waals surface area contributed by atoms with E-state index in [1.807, 2.05) is 36.4 Å². The van der Waals surface area contributed by atoms with Crippen LogP contribution in [-0.4, -0.2) is 24.2 Å². The van der Waals surface area contributed by atoms with Crippen molar-refractivity contribution in [1.29, 1.82) is 0 Å². The number of para-hydroxylation sites is 1. The first kappa shape index (κ1) is 13.3. The van der Waals surface area contributed by atoms with Crippen molar-refractivity contribution < 1.29 is 14.6 Å². The second-order valence-electron chi connectivity index (χ2n) is 4.83. The second-order valence-corrected chi connectivity index (χ2v) is 4.83. The Balaban J connectivity index is 1.71. The van der Waals surface area contributed by atoms with E-state index in [0.29, 0.717) is 11.4 Å². The molecule has 1 aliphatic heterocycles. The number of hydrogen-bond donors (Lipinski definition) is 3. The highest BCUT2D eigenvalue weighted by Crippen LogP contribution is 2.39. The molecule has 2 aromatic carbocycles. The van der Waals surface area contributed by atoms with Crippen LogP contribution in [0.5, 0.6) is 11.5 Å². The summed E-state index contributed by atoms with van der Waals surface area (Å²) in [6.45, 7) is 0.716. The minimum absolute atomic E-state index is 0.0183. The van der Waals surface area contributed by atoms with Crippen LogP contribution in [0.1, 0.15) is 5.56 Å². The molecule has 0 bridgehead atoms. The van der Waals surface area contributed by atoms with Crippen molar-refractivity contribution >= 4 is 17.3 Å². The fourth-order valence-electron chi connectivity index (χ4n) is 2.31. The summed E-state index contributed by atoms with van der Waals surface area (Å²) < 4.78 is 5.45. The number of fused-ring (bicyclic) bond motifs is 1. The second kappa shape index (κ2) is 5.75. The summed E-state index contributed by atoms with van der Waals surface area (Å²) in [7, 11) is 0. The number of rotatable bonds is 4. The molecule has 108 valence electrons. The normalized spacial score (nSPS) is 13.0. The number of phenols is 1. The minimum Gasteiger partial charge on any atom is -0.506 e. The van der Waals surface area contributed by atoms with Gasteiger partial charge in [0.2, 0.25) is 0 Å². The Morgan fingerprint density at radius 1 is 1.19 bits per heavy atom. The van der Waals surface area contributed by atoms with Crippen molar-refractivity contribution in [2.24, 2.45) is 0 Å². The SMILES string of the molecule is O=C1COc2c(CCNc3ccccc3)ccc(O)c2N1. The Bertz CT molecular complexity index is 656. The van der Waals surface area contributed by atoms with Gasteiger partial charge in [-0.25, -0.2) is 0 Å². The van der Waals surface area contributed by atoms with Crippen molar-refractivity contribution in [2.75, 3.05) is 23.8 Å². The Labute approximate surface area is 122 Å². The average molecular weight is 284 g/mol. The highest BCUT2D eigenvalue weighted by atomic mass is 16.5. The summed E-state index contributed by atoms with van der Waals surface area (Å²) in [6, 6.07) is 13.3. The maximum atomic E-state index is 11.3. The lowest BCUT2D eigenvalue weighted by molar-refractivity contribution is -0.118. The van der Waals surface area contributed by atoms with Gasteiger partial charge in [0.1, 0.15) is 11.4 Å². The molecule has 1 amide bonds. The summed E-state index contributed by atoms with van der Waals surface area (Å²) in [5.41, 5.74) is 2.37. The maximum absolute atomic E-state index is 11.3. The minimum atomic E-state index is -0.252. The number of amides is 1. The van der Waals surface area contributed by atoms with E-state index in [0.717, 1.165) is 24.2 Å². The first-order chi connectivity index (χ1) is 10.2. The van der Waals surface area contributed by atoms with Crippen LogP contribution in [-0.2, 0) is 11.2 Å². The molecule has 3 rings (SSSR count). The fraction of sp³-hybridized carbons (Fsp3) is 0.188. The lowest BCUT2D eigenvalue weighted by Gasteiger charge is -2.21. The molecule has 0 spiro atoms. The van der Waals surface area contributed by atoms with Gasteiger partial charge in [0, 0.05) is 12.2 Å². The van der Waals surface area contributed by atoms with Gasteiger partial charge >= 0.3 is 0 Å². The van der Waals surface area contributed by atoms with Crippen LogP contribution >= 0.6 is 0 Å². The van der Waals surface area contributed by atoms with Gasteiger partial charge in [-0.2, -0.15) is 0 Å². The molecular weight excluding hydrogens is 268 g/mol. The number of carbonyl (C=O) groups excluding carboxylic acids is 1. The highest BCUT2D eigenvalue weighted by Gasteiger charge is 2.22. The standard InChI is InChI=1S/C16H16N2O3/c19-13-7-6-11(16-15(13)18-14(20)10-21-16)8-9-17-12-4-2-1-3-5-12/h1-7,17,19H,8-10H2,(H,18,20). The van der Waals surface area contributed by atoms with Gasteiger partial charge < -0.3 is 20.5 Å².